The van der Waals surface area contributed by atoms with Gasteiger partial charge in [-0.1, -0.05) is 6.07 Å². The maximum atomic E-state index is 13.2. The van der Waals surface area contributed by atoms with Gasteiger partial charge in [0.25, 0.3) is 0 Å². The predicted octanol–water partition coefficient (Wildman–Crippen LogP) is 3.64. The van der Waals surface area contributed by atoms with Crippen molar-refractivity contribution in [2.75, 3.05) is 5.32 Å². The van der Waals surface area contributed by atoms with Crippen molar-refractivity contribution in [2.24, 2.45) is 5.92 Å². The second-order valence-electron chi connectivity index (χ2n) is 6.53. The van der Waals surface area contributed by atoms with Crippen molar-refractivity contribution in [3.8, 4) is 5.69 Å². The fourth-order valence-corrected chi connectivity index (χ4v) is 3.14. The number of halogens is 2. The van der Waals surface area contributed by atoms with E-state index in [1.54, 1.807) is 31.2 Å². The number of carboxylic acids is 1. The molecule has 8 heteroatoms. The van der Waals surface area contributed by atoms with Crippen molar-refractivity contribution >= 4 is 17.6 Å². The van der Waals surface area contributed by atoms with E-state index in [0.29, 0.717) is 17.1 Å². The zero-order valence-electron chi connectivity index (χ0n) is 14.2. The van der Waals surface area contributed by atoms with Crippen molar-refractivity contribution in [3.63, 3.8) is 0 Å². The van der Waals surface area contributed by atoms with Crippen molar-refractivity contribution in [3.05, 3.63) is 41.7 Å². The third-order valence-electron chi connectivity index (χ3n) is 4.69. The van der Waals surface area contributed by atoms with Gasteiger partial charge in [0.05, 0.1) is 17.6 Å². The Morgan fingerprint density at radius 3 is 2.62 bits per heavy atom. The monoisotopic (exact) mass is 363 g/mol. The Bertz CT molecular complexity index is 838. The lowest BCUT2D eigenvalue weighted by atomic mass is 9.86. The molecule has 1 fully saturated rings. The number of hydrogen-bond donors (Lipinski definition) is 2. The number of carbonyl (C=O) groups excluding carboxylic acids is 1. The summed E-state index contributed by atoms with van der Waals surface area (Å²) < 4.78 is 27.9. The Hall–Kier alpha value is -2.77. The van der Waals surface area contributed by atoms with E-state index in [1.165, 1.54) is 10.9 Å². The van der Waals surface area contributed by atoms with Gasteiger partial charge >= 0.3 is 5.97 Å². The molecule has 1 saturated carbocycles. The first-order valence-electron chi connectivity index (χ1n) is 8.34. The first-order valence-corrected chi connectivity index (χ1v) is 8.34. The Balaban J connectivity index is 1.74. The van der Waals surface area contributed by atoms with Crippen molar-refractivity contribution < 1.29 is 23.5 Å². The maximum absolute atomic E-state index is 13.2. The van der Waals surface area contributed by atoms with Crippen LogP contribution in [0.25, 0.3) is 5.69 Å². The van der Waals surface area contributed by atoms with E-state index < -0.39 is 17.8 Å². The topological polar surface area (TPSA) is 84.2 Å². The van der Waals surface area contributed by atoms with Gasteiger partial charge < -0.3 is 10.4 Å². The molecule has 0 bridgehead atoms. The number of amides is 1. The summed E-state index contributed by atoms with van der Waals surface area (Å²) in [6.07, 6.45) is 1.06. The van der Waals surface area contributed by atoms with Crippen molar-refractivity contribution in [1.82, 2.24) is 9.78 Å². The lowest BCUT2D eigenvalue weighted by molar-refractivity contribution is -0.124. The van der Waals surface area contributed by atoms with Crippen LogP contribution in [0.15, 0.2) is 30.5 Å². The Kier molecular flexibility index (Phi) is 4.76. The van der Waals surface area contributed by atoms with E-state index in [0.717, 1.165) is 0 Å². The normalized spacial score (nSPS) is 17.0. The second-order valence-corrected chi connectivity index (χ2v) is 6.53. The van der Waals surface area contributed by atoms with Crippen molar-refractivity contribution in [1.29, 1.82) is 0 Å². The van der Waals surface area contributed by atoms with Crippen LogP contribution in [0.4, 0.5) is 14.5 Å². The summed E-state index contributed by atoms with van der Waals surface area (Å²) >= 11 is 0. The van der Waals surface area contributed by atoms with Crippen LogP contribution in [0.1, 0.15) is 41.7 Å². The molecular weight excluding hydrogens is 344 g/mol. The van der Waals surface area contributed by atoms with E-state index in [2.05, 4.69) is 10.4 Å². The van der Waals surface area contributed by atoms with Gasteiger partial charge in [0.2, 0.25) is 11.8 Å². The lowest BCUT2D eigenvalue weighted by Crippen LogP contribution is -2.31. The number of aromatic carboxylic acids is 1. The third-order valence-corrected chi connectivity index (χ3v) is 4.69. The van der Waals surface area contributed by atoms with Gasteiger partial charge in [0, 0.05) is 24.4 Å². The van der Waals surface area contributed by atoms with Gasteiger partial charge in [0.1, 0.15) is 5.56 Å². The molecule has 6 nitrogen and oxygen atoms in total. The van der Waals surface area contributed by atoms with E-state index in [9.17, 15) is 18.4 Å². The van der Waals surface area contributed by atoms with Crippen LogP contribution >= 0.6 is 0 Å². The minimum atomic E-state index is -2.67. The summed E-state index contributed by atoms with van der Waals surface area (Å²) in [6.45, 7) is 1.64. The first kappa shape index (κ1) is 18.0. The smallest absolute Gasteiger partial charge is 0.339 e. The molecule has 26 heavy (non-hydrogen) atoms. The minimum Gasteiger partial charge on any atom is -0.478 e. The summed E-state index contributed by atoms with van der Waals surface area (Å²) in [7, 11) is 0. The SMILES string of the molecule is Cc1c(C(=O)O)cnn1-c1cccc(NC(=O)C2CCC(F)(F)CC2)c1. The standard InChI is InChI=1S/C18H19F2N3O3/c1-11-15(17(25)26)10-21-23(11)14-4-2-3-13(9-14)22-16(24)12-5-7-18(19,20)8-6-12/h2-4,9-10,12H,5-8H2,1H3,(H,22,24)(H,25,26). The highest BCUT2D eigenvalue weighted by Gasteiger charge is 2.37. The number of nitrogens with zero attached hydrogens (tertiary/aromatic N) is 2. The number of benzene rings is 1. The summed E-state index contributed by atoms with van der Waals surface area (Å²) in [5, 5.41) is 15.9. The molecule has 1 aliphatic carbocycles. The molecule has 0 aliphatic heterocycles. The molecule has 1 amide bonds. The fraction of sp³-hybridized carbons (Fsp3) is 0.389. The number of anilines is 1. The Morgan fingerprint density at radius 2 is 2.00 bits per heavy atom. The van der Waals surface area contributed by atoms with Crippen LogP contribution in [0.5, 0.6) is 0 Å². The lowest BCUT2D eigenvalue weighted by Gasteiger charge is -2.27. The molecule has 0 radical (unpaired) electrons. The van der Waals surface area contributed by atoms with Crippen LogP contribution < -0.4 is 5.32 Å². The van der Waals surface area contributed by atoms with Gasteiger partial charge in [-0.05, 0) is 38.0 Å². The molecule has 2 N–H and O–H groups in total. The summed E-state index contributed by atoms with van der Waals surface area (Å²) in [4.78, 5) is 23.5. The molecule has 0 unspecified atom stereocenters. The number of aromatic nitrogens is 2. The molecule has 1 heterocycles. The van der Waals surface area contributed by atoms with Crippen LogP contribution in [0.2, 0.25) is 0 Å². The van der Waals surface area contributed by atoms with Crippen LogP contribution in [0, 0.1) is 12.8 Å². The third kappa shape index (κ3) is 3.74. The highest BCUT2D eigenvalue weighted by atomic mass is 19.3. The summed E-state index contributed by atoms with van der Waals surface area (Å²) in [6, 6.07) is 6.81. The average molecular weight is 363 g/mol. The molecule has 0 atom stereocenters. The highest BCUT2D eigenvalue weighted by Crippen LogP contribution is 2.36. The Labute approximate surface area is 148 Å². The highest BCUT2D eigenvalue weighted by molar-refractivity contribution is 5.93. The molecule has 1 aliphatic rings. The second kappa shape index (κ2) is 6.86. The van der Waals surface area contributed by atoms with Crippen LogP contribution in [0.3, 0.4) is 0 Å². The molecule has 0 saturated heterocycles. The van der Waals surface area contributed by atoms with Crippen LogP contribution in [-0.4, -0.2) is 32.7 Å². The number of carbonyl (C=O) groups is 2. The molecule has 1 aromatic carbocycles. The summed E-state index contributed by atoms with van der Waals surface area (Å²) in [5.74, 6) is -4.44. The molecule has 1 aromatic heterocycles. The molecule has 3 rings (SSSR count). The fourth-order valence-electron chi connectivity index (χ4n) is 3.14. The number of rotatable bonds is 4. The summed E-state index contributed by atoms with van der Waals surface area (Å²) in [5.41, 5.74) is 1.68. The number of nitrogens with one attached hydrogen (secondary N) is 1. The zero-order chi connectivity index (χ0) is 18.9. The molecule has 2 aromatic rings. The van der Waals surface area contributed by atoms with Crippen LogP contribution in [-0.2, 0) is 4.79 Å². The average Bonchev–Trinajstić information content (AvgIpc) is 2.96. The van der Waals surface area contributed by atoms with Gasteiger partial charge in [-0.2, -0.15) is 5.10 Å². The van der Waals surface area contributed by atoms with Gasteiger partial charge in [-0.25, -0.2) is 18.3 Å². The Morgan fingerprint density at radius 1 is 1.31 bits per heavy atom. The van der Waals surface area contributed by atoms with E-state index >= 15 is 0 Å². The first-order chi connectivity index (χ1) is 12.3. The van der Waals surface area contributed by atoms with E-state index in [1.807, 2.05) is 0 Å². The van der Waals surface area contributed by atoms with E-state index in [-0.39, 0.29) is 37.2 Å². The molecule has 0 spiro atoms. The number of hydrogen-bond acceptors (Lipinski definition) is 3. The van der Waals surface area contributed by atoms with Crippen molar-refractivity contribution in [2.45, 2.75) is 38.5 Å². The quantitative estimate of drug-likeness (QED) is 0.869. The zero-order valence-corrected chi connectivity index (χ0v) is 14.2. The van der Waals surface area contributed by atoms with Gasteiger partial charge in [-0.15, -0.1) is 0 Å². The van der Waals surface area contributed by atoms with E-state index in [4.69, 9.17) is 5.11 Å². The minimum absolute atomic E-state index is 0.0996. The molecular formula is C18H19F2N3O3. The largest absolute Gasteiger partial charge is 0.478 e. The van der Waals surface area contributed by atoms with Gasteiger partial charge in [0.15, 0.2) is 0 Å². The van der Waals surface area contributed by atoms with Gasteiger partial charge in [-0.3, -0.25) is 4.79 Å². The number of alkyl halides is 2. The molecule has 138 valence electrons. The maximum Gasteiger partial charge on any atom is 0.339 e. The number of carboxylic acid groups (broad SMARTS) is 1. The predicted molar refractivity (Wildman–Crippen MR) is 90.8 cm³/mol.